The second kappa shape index (κ2) is 9.49. The van der Waals surface area contributed by atoms with Gasteiger partial charge in [-0.3, -0.25) is 14.5 Å². The molecule has 1 aromatic carbocycles. The van der Waals surface area contributed by atoms with Gasteiger partial charge in [-0.25, -0.2) is 4.98 Å². The van der Waals surface area contributed by atoms with E-state index in [9.17, 15) is 9.59 Å². The fourth-order valence-corrected chi connectivity index (χ4v) is 5.97. The Labute approximate surface area is 196 Å². The highest BCUT2D eigenvalue weighted by molar-refractivity contribution is 7.18. The molecule has 5 rings (SSSR count). The van der Waals surface area contributed by atoms with Gasteiger partial charge < -0.3 is 14.6 Å². The molecule has 0 bridgehead atoms. The number of aromatic amines is 1. The van der Waals surface area contributed by atoms with E-state index >= 15 is 0 Å². The van der Waals surface area contributed by atoms with E-state index in [0.29, 0.717) is 25.5 Å². The predicted molar refractivity (Wildman–Crippen MR) is 131 cm³/mol. The van der Waals surface area contributed by atoms with Gasteiger partial charge in [0.2, 0.25) is 5.91 Å². The average Bonchev–Trinajstić information content (AvgIpc) is 3.22. The van der Waals surface area contributed by atoms with Crippen LogP contribution in [0.5, 0.6) is 5.75 Å². The number of rotatable bonds is 5. The number of fused-ring (bicyclic) bond motifs is 3. The number of aryl methyl sites for hydroxylation is 2. The van der Waals surface area contributed by atoms with Crippen molar-refractivity contribution in [3.8, 4) is 5.75 Å². The van der Waals surface area contributed by atoms with Crippen LogP contribution in [0.15, 0.2) is 35.1 Å². The molecular formula is C25H28N4O3S. The van der Waals surface area contributed by atoms with Crippen LogP contribution in [0.3, 0.4) is 0 Å². The van der Waals surface area contributed by atoms with Crippen LogP contribution in [-0.2, 0) is 24.2 Å². The molecule has 2 aromatic heterocycles. The molecule has 0 spiro atoms. The van der Waals surface area contributed by atoms with Gasteiger partial charge in [0, 0.05) is 42.7 Å². The first-order valence-electron chi connectivity index (χ1n) is 11.5. The lowest BCUT2D eigenvalue weighted by Gasteiger charge is -2.33. The number of methoxy groups -OCH3 is 1. The van der Waals surface area contributed by atoms with Crippen molar-refractivity contribution < 1.29 is 9.53 Å². The molecule has 3 aromatic rings. The number of aromatic nitrogens is 2. The van der Waals surface area contributed by atoms with Gasteiger partial charge in [0.05, 0.1) is 19.0 Å². The summed E-state index contributed by atoms with van der Waals surface area (Å²) in [4.78, 5) is 39.5. The Morgan fingerprint density at radius 3 is 2.79 bits per heavy atom. The molecule has 8 heteroatoms. The van der Waals surface area contributed by atoms with Crippen LogP contribution in [0.2, 0.25) is 0 Å². The molecule has 0 saturated carbocycles. The van der Waals surface area contributed by atoms with E-state index in [4.69, 9.17) is 9.72 Å². The summed E-state index contributed by atoms with van der Waals surface area (Å²) in [6, 6.07) is 7.63. The Hall–Kier alpha value is -2.97. The quantitative estimate of drug-likeness (QED) is 0.587. The number of nitrogens with one attached hydrogen (secondary N) is 1. The van der Waals surface area contributed by atoms with Crippen molar-refractivity contribution in [1.29, 1.82) is 0 Å². The van der Waals surface area contributed by atoms with Crippen LogP contribution in [0.4, 0.5) is 0 Å². The molecule has 1 aliphatic carbocycles. The minimum absolute atomic E-state index is 0.00215. The molecule has 7 nitrogen and oxygen atoms in total. The van der Waals surface area contributed by atoms with E-state index < -0.39 is 0 Å². The summed E-state index contributed by atoms with van der Waals surface area (Å²) in [6.45, 7) is 3.38. The molecule has 1 aliphatic heterocycles. The lowest BCUT2D eigenvalue weighted by Crippen LogP contribution is -2.48. The van der Waals surface area contributed by atoms with Crippen molar-refractivity contribution >= 4 is 33.5 Å². The van der Waals surface area contributed by atoms with Gasteiger partial charge in [0.15, 0.2) is 0 Å². The second-order valence-corrected chi connectivity index (χ2v) is 9.66. The standard InChI is InChI=1S/C25H28N4O3S/c1-32-19-8-4-2-6-17(19)10-11-22(30)29-14-12-28(13-15-29)16-21-26-24(31)23-18-7-3-5-9-20(18)33-25(23)27-21/h2,4,6,8,10-11H,3,5,7,9,12-16H2,1H3,(H,26,27,31)/b11-10+. The van der Waals surface area contributed by atoms with Gasteiger partial charge in [0.1, 0.15) is 16.4 Å². The maximum absolute atomic E-state index is 12.8. The first-order chi connectivity index (χ1) is 16.1. The third-order valence-corrected chi connectivity index (χ3v) is 7.66. The normalized spacial score (nSPS) is 16.9. The predicted octanol–water partition coefficient (Wildman–Crippen LogP) is 3.23. The molecule has 1 N–H and O–H groups in total. The molecule has 0 unspecified atom stereocenters. The van der Waals surface area contributed by atoms with Crippen LogP contribution in [0.25, 0.3) is 16.3 Å². The zero-order chi connectivity index (χ0) is 22.8. The Morgan fingerprint density at radius 1 is 1.18 bits per heavy atom. The van der Waals surface area contributed by atoms with Crippen molar-refractivity contribution in [1.82, 2.24) is 19.8 Å². The first kappa shape index (κ1) is 21.9. The summed E-state index contributed by atoms with van der Waals surface area (Å²) in [6.07, 6.45) is 7.81. The van der Waals surface area contributed by atoms with E-state index in [1.54, 1.807) is 30.6 Å². The Morgan fingerprint density at radius 2 is 1.97 bits per heavy atom. The second-order valence-electron chi connectivity index (χ2n) is 8.58. The van der Waals surface area contributed by atoms with E-state index in [1.807, 2.05) is 29.2 Å². The summed E-state index contributed by atoms with van der Waals surface area (Å²) >= 11 is 1.68. The maximum Gasteiger partial charge on any atom is 0.259 e. The van der Waals surface area contributed by atoms with E-state index in [-0.39, 0.29) is 11.5 Å². The maximum atomic E-state index is 12.8. The Bertz CT molecular complexity index is 1250. The minimum atomic E-state index is -0.00955. The van der Waals surface area contributed by atoms with E-state index in [0.717, 1.165) is 53.9 Å². The zero-order valence-corrected chi connectivity index (χ0v) is 19.6. The number of para-hydroxylation sites is 1. The van der Waals surface area contributed by atoms with Gasteiger partial charge in [-0.15, -0.1) is 11.3 Å². The number of ether oxygens (including phenoxy) is 1. The summed E-state index contributed by atoms with van der Waals surface area (Å²) in [5.74, 6) is 1.45. The zero-order valence-electron chi connectivity index (χ0n) is 18.8. The number of nitrogens with zero attached hydrogens (tertiary/aromatic N) is 3. The van der Waals surface area contributed by atoms with E-state index in [1.165, 1.54) is 16.9 Å². The highest BCUT2D eigenvalue weighted by Gasteiger charge is 2.23. The molecule has 2 aliphatic rings. The average molecular weight is 465 g/mol. The van der Waals surface area contributed by atoms with Gasteiger partial charge in [-0.1, -0.05) is 18.2 Å². The number of amides is 1. The Balaban J connectivity index is 1.21. The fourth-order valence-electron chi connectivity index (χ4n) is 4.69. The van der Waals surface area contributed by atoms with Crippen LogP contribution in [0, 0.1) is 0 Å². The molecular weight excluding hydrogens is 436 g/mol. The first-order valence-corrected chi connectivity index (χ1v) is 12.3. The number of benzene rings is 1. The van der Waals surface area contributed by atoms with Gasteiger partial charge in [-0.2, -0.15) is 0 Å². The monoisotopic (exact) mass is 464 g/mol. The molecule has 3 heterocycles. The summed E-state index contributed by atoms with van der Waals surface area (Å²) in [5.41, 5.74) is 2.09. The minimum Gasteiger partial charge on any atom is -0.496 e. The molecule has 33 heavy (non-hydrogen) atoms. The topological polar surface area (TPSA) is 78.5 Å². The summed E-state index contributed by atoms with van der Waals surface area (Å²) in [5, 5.41) is 0.802. The van der Waals surface area contributed by atoms with Crippen LogP contribution in [0.1, 0.15) is 34.7 Å². The highest BCUT2D eigenvalue weighted by atomic mass is 32.1. The van der Waals surface area contributed by atoms with Crippen molar-refractivity contribution in [2.75, 3.05) is 33.3 Å². The van der Waals surface area contributed by atoms with E-state index in [2.05, 4.69) is 9.88 Å². The smallest absolute Gasteiger partial charge is 0.259 e. The third-order valence-electron chi connectivity index (χ3n) is 6.48. The molecule has 1 amide bonds. The molecule has 1 saturated heterocycles. The molecule has 1 fully saturated rings. The Kier molecular flexibility index (Phi) is 6.28. The van der Waals surface area contributed by atoms with Crippen molar-refractivity contribution in [2.45, 2.75) is 32.2 Å². The number of H-pyrrole nitrogens is 1. The molecule has 172 valence electrons. The van der Waals surface area contributed by atoms with Crippen molar-refractivity contribution in [3.05, 3.63) is 62.5 Å². The lowest BCUT2D eigenvalue weighted by atomic mass is 9.97. The lowest BCUT2D eigenvalue weighted by molar-refractivity contribution is -0.127. The van der Waals surface area contributed by atoms with Crippen molar-refractivity contribution in [2.24, 2.45) is 0 Å². The van der Waals surface area contributed by atoms with Crippen LogP contribution < -0.4 is 10.3 Å². The molecule has 0 atom stereocenters. The van der Waals surface area contributed by atoms with Gasteiger partial charge in [0.25, 0.3) is 5.56 Å². The van der Waals surface area contributed by atoms with Crippen molar-refractivity contribution in [3.63, 3.8) is 0 Å². The molecule has 0 radical (unpaired) electrons. The number of piperazine rings is 1. The summed E-state index contributed by atoms with van der Waals surface area (Å²) < 4.78 is 5.34. The van der Waals surface area contributed by atoms with Gasteiger partial charge >= 0.3 is 0 Å². The number of hydrogen-bond donors (Lipinski definition) is 1. The fraction of sp³-hybridized carbons (Fsp3) is 0.400. The highest BCUT2D eigenvalue weighted by Crippen LogP contribution is 2.33. The number of carbonyl (C=O) groups is 1. The van der Waals surface area contributed by atoms with Crippen LogP contribution in [-0.4, -0.2) is 59.0 Å². The van der Waals surface area contributed by atoms with Crippen LogP contribution >= 0.6 is 11.3 Å². The summed E-state index contributed by atoms with van der Waals surface area (Å²) in [7, 11) is 1.63. The van der Waals surface area contributed by atoms with Gasteiger partial charge in [-0.05, 0) is 43.4 Å². The third kappa shape index (κ3) is 4.58. The number of thiophene rings is 1. The largest absolute Gasteiger partial charge is 0.496 e. The number of carbonyl (C=O) groups excluding carboxylic acids is 1. The SMILES string of the molecule is COc1ccccc1/C=C/C(=O)N1CCN(Cc2nc3sc4c(c3c(=O)[nH]2)CCCC4)CC1. The number of hydrogen-bond acceptors (Lipinski definition) is 6.